The van der Waals surface area contributed by atoms with E-state index in [1.54, 1.807) is 23.2 Å². The second kappa shape index (κ2) is 8.80. The first-order valence-corrected chi connectivity index (χ1v) is 10.0. The molecule has 32 heavy (non-hydrogen) atoms. The third-order valence-electron chi connectivity index (χ3n) is 4.89. The number of ether oxygens (including phenoxy) is 2. The molecule has 1 aliphatic heterocycles. The summed E-state index contributed by atoms with van der Waals surface area (Å²) in [6.45, 7) is 1.61. The van der Waals surface area contributed by atoms with Gasteiger partial charge in [-0.25, -0.2) is 14.6 Å². The van der Waals surface area contributed by atoms with Gasteiger partial charge in [0.25, 0.3) is 0 Å². The molecule has 0 bridgehead atoms. The highest BCUT2D eigenvalue weighted by Crippen LogP contribution is 2.32. The Hall–Kier alpha value is -4.34. The predicted octanol–water partition coefficient (Wildman–Crippen LogP) is 2.59. The highest BCUT2D eigenvalue weighted by atomic mass is 16.7. The largest absolute Gasteiger partial charge is 0.467 e. The van der Waals surface area contributed by atoms with Crippen molar-refractivity contribution in [3.8, 4) is 11.5 Å². The van der Waals surface area contributed by atoms with Crippen molar-refractivity contribution in [2.24, 2.45) is 0 Å². The number of rotatable bonds is 8. The Labute approximate surface area is 182 Å². The number of carbonyl (C=O) groups is 1. The Bertz CT molecular complexity index is 1260. The second-order valence-electron chi connectivity index (χ2n) is 7.00. The molecule has 1 aliphatic rings. The summed E-state index contributed by atoms with van der Waals surface area (Å²) in [7, 11) is 0. The lowest BCUT2D eigenvalue weighted by atomic mass is 10.2. The fourth-order valence-electron chi connectivity index (χ4n) is 3.31. The average molecular weight is 432 g/mol. The summed E-state index contributed by atoms with van der Waals surface area (Å²) in [6, 6.07) is 9.24. The standard InChI is InChI=1S/C22H20N6O4/c29-20(6-4-15-3-5-18-19(10-15)32-14-31-18)23-7-8-28-22-17(12-27-28)21(25-13-26-22)24-11-16-2-1-9-30-16/h1-6,9-10,12-13H,7-8,11,14H2,(H,23,29)(H,24,25,26)/b6-4+. The van der Waals surface area contributed by atoms with Crippen LogP contribution in [0.25, 0.3) is 17.1 Å². The van der Waals surface area contributed by atoms with Crippen LogP contribution in [-0.2, 0) is 17.9 Å². The number of carbonyl (C=O) groups excluding carboxylic acids is 1. The van der Waals surface area contributed by atoms with Gasteiger partial charge in [0.2, 0.25) is 12.7 Å². The number of nitrogens with one attached hydrogen (secondary N) is 2. The number of furan rings is 1. The van der Waals surface area contributed by atoms with Crippen LogP contribution in [0.5, 0.6) is 11.5 Å². The maximum atomic E-state index is 12.2. The molecule has 2 N–H and O–H groups in total. The Morgan fingerprint density at radius 1 is 1.19 bits per heavy atom. The van der Waals surface area contributed by atoms with Gasteiger partial charge < -0.3 is 24.5 Å². The molecular weight excluding hydrogens is 412 g/mol. The van der Waals surface area contributed by atoms with E-state index in [1.165, 1.54) is 12.4 Å². The average Bonchev–Trinajstić information content (AvgIpc) is 3.57. The Morgan fingerprint density at radius 3 is 3.03 bits per heavy atom. The van der Waals surface area contributed by atoms with Crippen molar-refractivity contribution in [3.63, 3.8) is 0 Å². The Balaban J connectivity index is 1.16. The minimum absolute atomic E-state index is 0.199. The van der Waals surface area contributed by atoms with Gasteiger partial charge in [-0.1, -0.05) is 6.07 Å². The Kier molecular flexibility index (Phi) is 5.39. The number of aromatic nitrogens is 4. The van der Waals surface area contributed by atoms with E-state index in [9.17, 15) is 4.79 Å². The van der Waals surface area contributed by atoms with E-state index in [4.69, 9.17) is 13.9 Å². The maximum Gasteiger partial charge on any atom is 0.244 e. The third-order valence-corrected chi connectivity index (χ3v) is 4.89. The third kappa shape index (κ3) is 4.24. The van der Waals surface area contributed by atoms with Crippen LogP contribution >= 0.6 is 0 Å². The molecule has 162 valence electrons. The van der Waals surface area contributed by atoms with E-state index in [0.29, 0.717) is 42.6 Å². The summed E-state index contributed by atoms with van der Waals surface area (Å²) in [5.74, 6) is 2.67. The van der Waals surface area contributed by atoms with Gasteiger partial charge in [0.05, 0.1) is 30.9 Å². The van der Waals surface area contributed by atoms with E-state index < -0.39 is 0 Å². The summed E-state index contributed by atoms with van der Waals surface area (Å²) in [4.78, 5) is 20.8. The summed E-state index contributed by atoms with van der Waals surface area (Å²) in [6.07, 6.45) is 8.03. The van der Waals surface area contributed by atoms with Crippen molar-refractivity contribution < 1.29 is 18.7 Å². The lowest BCUT2D eigenvalue weighted by Gasteiger charge is -2.06. The van der Waals surface area contributed by atoms with Crippen LogP contribution in [0.3, 0.4) is 0 Å². The van der Waals surface area contributed by atoms with Gasteiger partial charge in [-0.2, -0.15) is 5.10 Å². The molecule has 0 atom stereocenters. The number of nitrogens with zero attached hydrogens (tertiary/aromatic N) is 4. The molecule has 0 fully saturated rings. The van der Waals surface area contributed by atoms with Crippen LogP contribution < -0.4 is 20.1 Å². The monoisotopic (exact) mass is 432 g/mol. The van der Waals surface area contributed by atoms with Gasteiger partial charge >= 0.3 is 0 Å². The van der Waals surface area contributed by atoms with Crippen molar-refractivity contribution in [1.82, 2.24) is 25.1 Å². The zero-order valence-electron chi connectivity index (χ0n) is 17.0. The smallest absolute Gasteiger partial charge is 0.244 e. The first-order valence-electron chi connectivity index (χ1n) is 10.0. The molecular formula is C22H20N6O4. The fraction of sp³-hybridized carbons (Fsp3) is 0.182. The van der Waals surface area contributed by atoms with Crippen molar-refractivity contribution in [2.45, 2.75) is 13.1 Å². The zero-order chi connectivity index (χ0) is 21.8. The highest BCUT2D eigenvalue weighted by molar-refractivity contribution is 5.91. The number of hydrogen-bond donors (Lipinski definition) is 2. The number of amides is 1. The predicted molar refractivity (Wildman–Crippen MR) is 116 cm³/mol. The molecule has 10 heteroatoms. The minimum Gasteiger partial charge on any atom is -0.467 e. The van der Waals surface area contributed by atoms with Crippen molar-refractivity contribution in [3.05, 3.63) is 66.5 Å². The second-order valence-corrected chi connectivity index (χ2v) is 7.00. The lowest BCUT2D eigenvalue weighted by Crippen LogP contribution is -2.25. The summed E-state index contributed by atoms with van der Waals surface area (Å²) in [5.41, 5.74) is 1.54. The molecule has 5 rings (SSSR count). The molecule has 0 radical (unpaired) electrons. The van der Waals surface area contributed by atoms with Gasteiger partial charge in [0, 0.05) is 12.6 Å². The molecule has 1 amide bonds. The summed E-state index contributed by atoms with van der Waals surface area (Å²) in [5, 5.41) is 11.3. The fourth-order valence-corrected chi connectivity index (χ4v) is 3.31. The van der Waals surface area contributed by atoms with Gasteiger partial charge in [-0.15, -0.1) is 0 Å². The van der Waals surface area contributed by atoms with Crippen LogP contribution in [0.4, 0.5) is 5.82 Å². The molecule has 10 nitrogen and oxygen atoms in total. The molecule has 0 saturated carbocycles. The molecule has 4 heterocycles. The topological polar surface area (TPSA) is 116 Å². The van der Waals surface area contributed by atoms with E-state index in [-0.39, 0.29) is 12.7 Å². The molecule has 1 aromatic carbocycles. The Morgan fingerprint density at radius 2 is 2.12 bits per heavy atom. The number of benzene rings is 1. The SMILES string of the molecule is O=C(/C=C/c1ccc2c(c1)OCO2)NCCn1ncc2c(NCc3ccco3)ncnc21. The van der Waals surface area contributed by atoms with E-state index in [0.717, 1.165) is 16.7 Å². The molecule has 0 unspecified atom stereocenters. The number of hydrogen-bond acceptors (Lipinski definition) is 8. The van der Waals surface area contributed by atoms with Crippen molar-refractivity contribution in [2.75, 3.05) is 18.7 Å². The van der Waals surface area contributed by atoms with E-state index in [1.807, 2.05) is 30.3 Å². The lowest BCUT2D eigenvalue weighted by molar-refractivity contribution is -0.116. The van der Waals surface area contributed by atoms with Crippen LogP contribution in [0.1, 0.15) is 11.3 Å². The molecule has 0 saturated heterocycles. The van der Waals surface area contributed by atoms with Crippen LogP contribution in [0.15, 0.2) is 59.6 Å². The van der Waals surface area contributed by atoms with E-state index >= 15 is 0 Å². The van der Waals surface area contributed by atoms with Gasteiger partial charge in [0.15, 0.2) is 17.1 Å². The minimum atomic E-state index is -0.199. The van der Waals surface area contributed by atoms with Gasteiger partial charge in [-0.3, -0.25) is 4.79 Å². The van der Waals surface area contributed by atoms with Gasteiger partial charge in [0.1, 0.15) is 17.9 Å². The van der Waals surface area contributed by atoms with Gasteiger partial charge in [-0.05, 0) is 35.9 Å². The molecule has 0 aliphatic carbocycles. The summed E-state index contributed by atoms with van der Waals surface area (Å²) < 4.78 is 17.7. The molecule has 4 aromatic rings. The first kappa shape index (κ1) is 19.6. The number of anilines is 1. The highest BCUT2D eigenvalue weighted by Gasteiger charge is 2.13. The van der Waals surface area contributed by atoms with Crippen molar-refractivity contribution in [1.29, 1.82) is 0 Å². The quantitative estimate of drug-likeness (QED) is 0.408. The van der Waals surface area contributed by atoms with Crippen molar-refractivity contribution >= 4 is 28.8 Å². The van der Waals surface area contributed by atoms with Crippen LogP contribution in [-0.4, -0.2) is 39.0 Å². The first-order chi connectivity index (χ1) is 15.8. The molecule has 3 aromatic heterocycles. The van der Waals surface area contributed by atoms with Crippen LogP contribution in [0.2, 0.25) is 0 Å². The normalized spacial score (nSPS) is 12.5. The van der Waals surface area contributed by atoms with Crippen LogP contribution in [0, 0.1) is 0 Å². The zero-order valence-corrected chi connectivity index (χ0v) is 17.0. The summed E-state index contributed by atoms with van der Waals surface area (Å²) >= 11 is 0. The van der Waals surface area contributed by atoms with E-state index in [2.05, 4.69) is 25.7 Å². The maximum absolute atomic E-state index is 12.2. The number of fused-ring (bicyclic) bond motifs is 2. The molecule has 0 spiro atoms.